The molecule has 0 saturated carbocycles. The lowest BCUT2D eigenvalue weighted by molar-refractivity contribution is 0.413. The molecule has 0 aliphatic rings. The summed E-state index contributed by atoms with van der Waals surface area (Å²) in [6.07, 6.45) is 0. The van der Waals surface area contributed by atoms with Crippen LogP contribution in [0.2, 0.25) is 0 Å². The molecule has 0 spiro atoms. The molecule has 20 heavy (non-hydrogen) atoms. The molecule has 0 heterocycles. The Hall–Kier alpha value is -1.52. The van der Waals surface area contributed by atoms with Crippen molar-refractivity contribution in [1.29, 1.82) is 0 Å². The number of benzene rings is 2. The van der Waals surface area contributed by atoms with Gasteiger partial charge >= 0.3 is 0 Å². The first-order valence-corrected chi connectivity index (χ1v) is 7.36. The summed E-state index contributed by atoms with van der Waals surface area (Å²) in [6.45, 7) is 3.36. The zero-order valence-corrected chi connectivity index (χ0v) is 12.5. The van der Waals surface area contributed by atoms with E-state index in [0.717, 1.165) is 22.1 Å². The van der Waals surface area contributed by atoms with Gasteiger partial charge in [0.1, 0.15) is 11.6 Å². The third-order valence-corrected chi connectivity index (χ3v) is 3.99. The molecule has 2 nitrogen and oxygen atoms in total. The van der Waals surface area contributed by atoms with Crippen LogP contribution in [0.15, 0.2) is 52.3 Å². The van der Waals surface area contributed by atoms with E-state index in [2.05, 4.69) is 5.32 Å². The standard InChI is InChI=1S/C16H18FNOS/c1-3-18-11-14-15(17)8-5-9-16(14)20-13-7-4-6-12(10-13)19-2/h4-10,18H,3,11H2,1-2H3. The number of halogens is 1. The van der Waals surface area contributed by atoms with Crippen LogP contribution in [-0.2, 0) is 6.54 Å². The lowest BCUT2D eigenvalue weighted by Crippen LogP contribution is -2.13. The zero-order chi connectivity index (χ0) is 14.4. The molecule has 1 N–H and O–H groups in total. The maximum atomic E-state index is 13.9. The van der Waals surface area contributed by atoms with E-state index in [1.54, 1.807) is 24.9 Å². The summed E-state index contributed by atoms with van der Waals surface area (Å²) in [5.74, 6) is 0.637. The summed E-state index contributed by atoms with van der Waals surface area (Å²) >= 11 is 1.55. The number of hydrogen-bond donors (Lipinski definition) is 1. The zero-order valence-electron chi connectivity index (χ0n) is 11.7. The van der Waals surface area contributed by atoms with Gasteiger partial charge in [0.05, 0.1) is 7.11 Å². The Morgan fingerprint density at radius 1 is 1.20 bits per heavy atom. The summed E-state index contributed by atoms with van der Waals surface area (Å²) in [6, 6.07) is 13.0. The van der Waals surface area contributed by atoms with E-state index in [4.69, 9.17) is 4.74 Å². The molecule has 2 aromatic carbocycles. The Morgan fingerprint density at radius 2 is 2.00 bits per heavy atom. The van der Waals surface area contributed by atoms with Crippen molar-refractivity contribution in [1.82, 2.24) is 5.32 Å². The fraction of sp³-hybridized carbons (Fsp3) is 0.250. The molecule has 0 fully saturated rings. The highest BCUT2D eigenvalue weighted by molar-refractivity contribution is 7.99. The molecule has 0 unspecified atom stereocenters. The topological polar surface area (TPSA) is 21.3 Å². The van der Waals surface area contributed by atoms with Crippen LogP contribution in [0.5, 0.6) is 5.75 Å². The van der Waals surface area contributed by atoms with Crippen molar-refractivity contribution in [3.05, 3.63) is 53.8 Å². The minimum atomic E-state index is -0.168. The first kappa shape index (κ1) is 14.9. The Balaban J connectivity index is 2.25. The molecule has 4 heteroatoms. The van der Waals surface area contributed by atoms with Gasteiger partial charge in [-0.2, -0.15) is 0 Å². The maximum absolute atomic E-state index is 13.9. The lowest BCUT2D eigenvalue weighted by atomic mass is 10.2. The third kappa shape index (κ3) is 3.74. The number of hydrogen-bond acceptors (Lipinski definition) is 3. The summed E-state index contributed by atoms with van der Waals surface area (Å²) in [7, 11) is 1.64. The van der Waals surface area contributed by atoms with E-state index in [0.29, 0.717) is 12.1 Å². The first-order valence-electron chi connectivity index (χ1n) is 6.54. The summed E-state index contributed by atoms with van der Waals surface area (Å²) < 4.78 is 19.2. The van der Waals surface area contributed by atoms with Crippen molar-refractivity contribution in [2.45, 2.75) is 23.3 Å². The van der Waals surface area contributed by atoms with Crippen LogP contribution in [0, 0.1) is 5.82 Å². The fourth-order valence-corrected chi connectivity index (χ4v) is 2.86. The maximum Gasteiger partial charge on any atom is 0.128 e. The summed E-state index contributed by atoms with van der Waals surface area (Å²) in [4.78, 5) is 1.96. The van der Waals surface area contributed by atoms with Gasteiger partial charge in [-0.1, -0.05) is 30.8 Å². The van der Waals surface area contributed by atoms with Crippen LogP contribution in [-0.4, -0.2) is 13.7 Å². The molecular weight excluding hydrogens is 273 g/mol. The van der Waals surface area contributed by atoms with Gasteiger partial charge in [-0.05, 0) is 36.9 Å². The van der Waals surface area contributed by atoms with Crippen LogP contribution in [0.1, 0.15) is 12.5 Å². The van der Waals surface area contributed by atoms with Crippen LogP contribution in [0.3, 0.4) is 0 Å². The lowest BCUT2D eigenvalue weighted by Gasteiger charge is -2.11. The van der Waals surface area contributed by atoms with Crippen molar-refractivity contribution in [3.8, 4) is 5.75 Å². The van der Waals surface area contributed by atoms with E-state index in [1.165, 1.54) is 6.07 Å². The molecule has 2 aromatic rings. The van der Waals surface area contributed by atoms with Crippen molar-refractivity contribution in [3.63, 3.8) is 0 Å². The quantitative estimate of drug-likeness (QED) is 0.866. The smallest absolute Gasteiger partial charge is 0.128 e. The minimum Gasteiger partial charge on any atom is -0.497 e. The van der Waals surface area contributed by atoms with E-state index < -0.39 is 0 Å². The van der Waals surface area contributed by atoms with Crippen LogP contribution in [0.25, 0.3) is 0 Å². The van der Waals surface area contributed by atoms with E-state index in [-0.39, 0.29) is 5.82 Å². The highest BCUT2D eigenvalue weighted by Crippen LogP contribution is 2.33. The van der Waals surface area contributed by atoms with Crippen molar-refractivity contribution < 1.29 is 9.13 Å². The summed E-state index contributed by atoms with van der Waals surface area (Å²) in [5.41, 5.74) is 0.710. The number of nitrogens with one attached hydrogen (secondary N) is 1. The number of rotatable bonds is 6. The van der Waals surface area contributed by atoms with Gasteiger partial charge in [-0.15, -0.1) is 0 Å². The van der Waals surface area contributed by atoms with Crippen molar-refractivity contribution in [2.75, 3.05) is 13.7 Å². The van der Waals surface area contributed by atoms with Crippen molar-refractivity contribution >= 4 is 11.8 Å². The van der Waals surface area contributed by atoms with Crippen LogP contribution >= 0.6 is 11.8 Å². The van der Waals surface area contributed by atoms with Gasteiger partial charge in [-0.3, -0.25) is 0 Å². The van der Waals surface area contributed by atoms with Gasteiger partial charge in [0.15, 0.2) is 0 Å². The average molecular weight is 291 g/mol. The molecule has 0 aliphatic heterocycles. The molecule has 0 bridgehead atoms. The normalized spacial score (nSPS) is 10.6. The SMILES string of the molecule is CCNCc1c(F)cccc1Sc1cccc(OC)c1. The molecule has 0 saturated heterocycles. The van der Waals surface area contributed by atoms with Crippen molar-refractivity contribution in [2.24, 2.45) is 0 Å². The number of ether oxygens (including phenoxy) is 1. The molecule has 0 aliphatic carbocycles. The van der Waals surface area contributed by atoms with Crippen LogP contribution < -0.4 is 10.1 Å². The molecular formula is C16H18FNOS. The van der Waals surface area contributed by atoms with Crippen LogP contribution in [0.4, 0.5) is 4.39 Å². The average Bonchev–Trinajstić information content (AvgIpc) is 2.47. The molecule has 0 aromatic heterocycles. The Labute approximate surface area is 123 Å². The fourth-order valence-electron chi connectivity index (χ4n) is 1.85. The monoisotopic (exact) mass is 291 g/mol. The Bertz CT molecular complexity index is 574. The molecule has 0 atom stereocenters. The molecule has 2 rings (SSSR count). The third-order valence-electron chi connectivity index (χ3n) is 2.90. The van der Waals surface area contributed by atoms with Gasteiger partial charge in [0.25, 0.3) is 0 Å². The second-order valence-electron chi connectivity index (χ2n) is 4.28. The van der Waals surface area contributed by atoms with Gasteiger partial charge in [-0.25, -0.2) is 4.39 Å². The number of methoxy groups -OCH3 is 1. The van der Waals surface area contributed by atoms with Gasteiger partial charge in [0, 0.05) is 21.9 Å². The largest absolute Gasteiger partial charge is 0.497 e. The van der Waals surface area contributed by atoms with Gasteiger partial charge in [0.2, 0.25) is 0 Å². The van der Waals surface area contributed by atoms with E-state index >= 15 is 0 Å². The molecule has 0 radical (unpaired) electrons. The Kier molecular flexibility index (Phi) is 5.44. The van der Waals surface area contributed by atoms with Gasteiger partial charge < -0.3 is 10.1 Å². The second kappa shape index (κ2) is 7.31. The molecule has 106 valence electrons. The summed E-state index contributed by atoms with van der Waals surface area (Å²) in [5, 5.41) is 3.18. The van der Waals surface area contributed by atoms with E-state index in [1.807, 2.05) is 37.3 Å². The second-order valence-corrected chi connectivity index (χ2v) is 5.39. The first-order chi connectivity index (χ1) is 9.74. The minimum absolute atomic E-state index is 0.168. The van der Waals surface area contributed by atoms with E-state index in [9.17, 15) is 4.39 Å². The predicted molar refractivity (Wildman–Crippen MR) is 80.9 cm³/mol. The highest BCUT2D eigenvalue weighted by Gasteiger charge is 2.09. The highest BCUT2D eigenvalue weighted by atomic mass is 32.2. The molecule has 0 amide bonds. The predicted octanol–water partition coefficient (Wildman–Crippen LogP) is 4.10. The Morgan fingerprint density at radius 3 is 2.75 bits per heavy atom.